The summed E-state index contributed by atoms with van der Waals surface area (Å²) in [7, 11) is 1.42. The van der Waals surface area contributed by atoms with Gasteiger partial charge in [0.25, 0.3) is 0 Å². The summed E-state index contributed by atoms with van der Waals surface area (Å²) in [5.41, 5.74) is 0. The number of carbonyl (C=O) groups excluding carboxylic acids is 2. The van der Waals surface area contributed by atoms with Gasteiger partial charge < -0.3 is 9.62 Å². The van der Waals surface area contributed by atoms with Crippen molar-refractivity contribution in [1.82, 2.24) is 0 Å². The number of carbonyl (C=O) groups is 2. The van der Waals surface area contributed by atoms with E-state index in [0.717, 1.165) is 0 Å². The minimum absolute atomic E-state index is 0. The van der Waals surface area contributed by atoms with Gasteiger partial charge in [-0.15, -0.1) is 0 Å². The van der Waals surface area contributed by atoms with E-state index < -0.39 is 5.97 Å². The summed E-state index contributed by atoms with van der Waals surface area (Å²) in [4.78, 5) is 24.7. The highest BCUT2D eigenvalue weighted by atomic mass is 17.1. The van der Waals surface area contributed by atoms with Crippen LogP contribution in [0.5, 0.6) is 0 Å². The number of hydrogen-bond donors (Lipinski definition) is 1. The van der Waals surface area contributed by atoms with Crippen molar-refractivity contribution in [2.45, 2.75) is 49.0 Å². The van der Waals surface area contributed by atoms with E-state index >= 15 is 0 Å². The van der Waals surface area contributed by atoms with E-state index in [9.17, 15) is 9.59 Å². The Labute approximate surface area is 117 Å². The molecule has 0 amide bonds. The van der Waals surface area contributed by atoms with Crippen LogP contribution in [0.1, 0.15) is 49.0 Å². The van der Waals surface area contributed by atoms with Crippen LogP contribution in [0.3, 0.4) is 0 Å². The lowest BCUT2D eigenvalue weighted by Crippen LogP contribution is -2.17. The number of esters is 1. The van der Waals surface area contributed by atoms with Crippen LogP contribution < -0.4 is 0 Å². The zero-order valence-electron chi connectivity index (χ0n) is 12.4. The molecule has 0 fully saturated rings. The lowest BCUT2D eigenvalue weighted by atomic mass is 9.99. The maximum absolute atomic E-state index is 10.7. The van der Waals surface area contributed by atoms with Crippen molar-refractivity contribution in [1.29, 1.82) is 0 Å². The van der Waals surface area contributed by atoms with Crippen LogP contribution in [0.15, 0.2) is 0 Å². The second-order valence-electron chi connectivity index (χ2n) is 5.00. The third-order valence-corrected chi connectivity index (χ3v) is 3.03. The Balaban J connectivity index is -0.000000256. The van der Waals surface area contributed by atoms with Crippen molar-refractivity contribution in [3.63, 3.8) is 0 Å². The Morgan fingerprint density at radius 2 is 1.16 bits per heavy atom. The largest absolute Gasteiger partial charge is 0.469 e. The van der Waals surface area contributed by atoms with Crippen LogP contribution in [0.25, 0.3) is 0 Å². The fourth-order valence-corrected chi connectivity index (χ4v) is 0.813. The van der Waals surface area contributed by atoms with E-state index in [4.69, 9.17) is 5.26 Å². The van der Waals surface area contributed by atoms with Crippen LogP contribution in [0.2, 0.25) is 0 Å². The van der Waals surface area contributed by atoms with Crippen LogP contribution in [0.4, 0.5) is 0 Å². The van der Waals surface area contributed by atoms with E-state index in [1.165, 1.54) is 7.11 Å². The fraction of sp³-hybridized carbons (Fsp3) is 0.857. The summed E-state index contributed by atoms with van der Waals surface area (Å²) in [5.74, 6) is -0.304. The first-order valence-electron chi connectivity index (χ1n) is 6.12. The average molecular weight is 278 g/mol. The molecule has 0 aliphatic carbocycles. The summed E-state index contributed by atoms with van der Waals surface area (Å²) in [6.07, 6.45) is 0. The molecule has 0 saturated carbocycles. The second kappa shape index (κ2) is 12.0. The summed E-state index contributed by atoms with van der Waals surface area (Å²) in [6.45, 7) is 11.4. The van der Waals surface area contributed by atoms with Gasteiger partial charge in [-0.05, 0) is 11.8 Å². The van der Waals surface area contributed by atoms with Crippen molar-refractivity contribution in [3.05, 3.63) is 0 Å². The first-order chi connectivity index (χ1) is 8.18. The molecule has 5 nitrogen and oxygen atoms in total. The topological polar surface area (TPSA) is 72.8 Å². The predicted molar refractivity (Wildman–Crippen MR) is 75.5 cm³/mol. The molecule has 0 rings (SSSR count). The molecule has 19 heavy (non-hydrogen) atoms. The van der Waals surface area contributed by atoms with Gasteiger partial charge in [-0.3, -0.25) is 4.79 Å². The third kappa shape index (κ3) is 10.5. The highest BCUT2D eigenvalue weighted by Crippen LogP contribution is 2.10. The van der Waals surface area contributed by atoms with Gasteiger partial charge in [0.05, 0.1) is 18.9 Å². The normalized spacial score (nSPS) is 12.7. The minimum Gasteiger partial charge on any atom is -0.469 e. The molecular weight excluding hydrogens is 248 g/mol. The van der Waals surface area contributed by atoms with E-state index in [1.807, 2.05) is 34.6 Å². The second-order valence-corrected chi connectivity index (χ2v) is 5.00. The third-order valence-electron chi connectivity index (χ3n) is 3.03. The molecule has 0 spiro atoms. The van der Waals surface area contributed by atoms with E-state index in [2.05, 4.69) is 9.62 Å². The van der Waals surface area contributed by atoms with Crippen molar-refractivity contribution in [2.75, 3.05) is 7.11 Å². The molecule has 0 aromatic rings. The zero-order valence-corrected chi connectivity index (χ0v) is 12.4. The maximum Gasteiger partial charge on any atom is 0.345 e. The van der Waals surface area contributed by atoms with Crippen LogP contribution in [0, 0.1) is 23.7 Å². The van der Waals surface area contributed by atoms with Gasteiger partial charge in [0.2, 0.25) is 0 Å². The highest BCUT2D eigenvalue weighted by Gasteiger charge is 2.17. The Morgan fingerprint density at radius 3 is 1.26 bits per heavy atom. The molecular formula is C14H30O5. The predicted octanol–water partition coefficient (Wildman–Crippen LogP) is 3.38. The molecule has 0 aliphatic rings. The number of hydrogen-bond acceptors (Lipinski definition) is 5. The van der Waals surface area contributed by atoms with Crippen molar-refractivity contribution >= 4 is 11.9 Å². The van der Waals surface area contributed by atoms with Crippen molar-refractivity contribution in [2.24, 2.45) is 23.7 Å². The Bertz CT molecular complexity index is 222. The van der Waals surface area contributed by atoms with Gasteiger partial charge in [-0.1, -0.05) is 49.0 Å². The summed E-state index contributed by atoms with van der Waals surface area (Å²) < 4.78 is 4.53. The quantitative estimate of drug-likeness (QED) is 0.485. The number of ether oxygens (including phenoxy) is 1. The van der Waals surface area contributed by atoms with E-state index in [1.54, 1.807) is 6.92 Å². The van der Waals surface area contributed by atoms with Crippen LogP contribution >= 0.6 is 0 Å². The highest BCUT2D eigenvalue weighted by molar-refractivity contribution is 5.72. The summed E-state index contributed by atoms with van der Waals surface area (Å²) in [6, 6.07) is 0. The number of rotatable bonds is 4. The average Bonchev–Trinajstić information content (AvgIpc) is 2.35. The lowest BCUT2D eigenvalue weighted by molar-refractivity contribution is -0.239. The van der Waals surface area contributed by atoms with Crippen LogP contribution in [-0.2, 0) is 19.2 Å². The first-order valence-corrected chi connectivity index (χ1v) is 6.12. The summed E-state index contributed by atoms with van der Waals surface area (Å²) >= 11 is 0. The van der Waals surface area contributed by atoms with Gasteiger partial charge in [0.15, 0.2) is 0 Å². The zero-order chi connectivity index (χ0) is 14.9. The van der Waals surface area contributed by atoms with E-state index in [-0.39, 0.29) is 31.1 Å². The fourth-order valence-electron chi connectivity index (χ4n) is 0.813. The molecule has 0 aromatic heterocycles. The SMILES string of the molecule is C.CC(C)[C@H](C)C(=O)OO.COC(=O)[C@@H](C)C(C)C. The summed E-state index contributed by atoms with van der Waals surface area (Å²) in [5, 5.41) is 7.90. The monoisotopic (exact) mass is 278 g/mol. The first kappa shape index (κ1) is 23.0. The van der Waals surface area contributed by atoms with Crippen LogP contribution in [-0.4, -0.2) is 24.3 Å². The molecule has 5 heteroatoms. The molecule has 0 aromatic carbocycles. The Morgan fingerprint density at radius 1 is 0.842 bits per heavy atom. The van der Waals surface area contributed by atoms with Gasteiger partial charge in [0, 0.05) is 0 Å². The molecule has 116 valence electrons. The molecule has 0 radical (unpaired) electrons. The van der Waals surface area contributed by atoms with E-state index in [0.29, 0.717) is 5.92 Å². The van der Waals surface area contributed by atoms with Gasteiger partial charge >= 0.3 is 11.9 Å². The minimum atomic E-state index is -0.565. The molecule has 0 saturated heterocycles. The van der Waals surface area contributed by atoms with Gasteiger partial charge in [-0.25, -0.2) is 4.79 Å². The molecule has 0 heterocycles. The van der Waals surface area contributed by atoms with Gasteiger partial charge in [0.1, 0.15) is 0 Å². The lowest BCUT2D eigenvalue weighted by Gasteiger charge is -2.11. The molecule has 0 bridgehead atoms. The standard InChI is InChI=1S/C7H14O2.C6H12O3.CH4/c1-5(2)6(3)7(8)9-4;1-4(2)5(3)6(7)9-8;/h5-6H,1-4H3;4-5,8H,1-3H3;1H4/t6-;5-;/m00./s1. The maximum atomic E-state index is 10.7. The Hall–Kier alpha value is -1.10. The number of methoxy groups -OCH3 is 1. The van der Waals surface area contributed by atoms with Crippen molar-refractivity contribution < 1.29 is 24.5 Å². The molecule has 2 atom stereocenters. The Kier molecular flexibility index (Phi) is 14.5. The molecule has 1 N–H and O–H groups in total. The molecule has 0 aliphatic heterocycles. The van der Waals surface area contributed by atoms with Gasteiger partial charge in [-0.2, -0.15) is 5.26 Å². The smallest absolute Gasteiger partial charge is 0.345 e. The molecule has 0 unspecified atom stereocenters. The van der Waals surface area contributed by atoms with Crippen molar-refractivity contribution in [3.8, 4) is 0 Å².